The van der Waals surface area contributed by atoms with Crippen molar-refractivity contribution in [2.24, 2.45) is 0 Å². The first-order valence-corrected chi connectivity index (χ1v) is 7.41. The van der Waals surface area contributed by atoms with Crippen molar-refractivity contribution in [1.29, 1.82) is 5.26 Å². The number of hydrogen-bond acceptors (Lipinski definition) is 5. The van der Waals surface area contributed by atoms with E-state index in [9.17, 15) is 4.79 Å². The van der Waals surface area contributed by atoms with E-state index in [2.05, 4.69) is 15.8 Å². The Bertz CT molecular complexity index is 696. The second kappa shape index (κ2) is 6.54. The Balaban J connectivity index is 1.95. The number of aromatic nitrogens is 1. The van der Waals surface area contributed by atoms with Gasteiger partial charge in [0.05, 0.1) is 0 Å². The number of hydrogen-bond donors (Lipinski definition) is 2. The van der Waals surface area contributed by atoms with Crippen LogP contribution in [-0.4, -0.2) is 11.2 Å². The predicted molar refractivity (Wildman–Crippen MR) is 85.8 cm³/mol. The molecule has 0 saturated carbocycles. The van der Waals surface area contributed by atoms with Gasteiger partial charge in [-0.05, 0) is 36.0 Å². The largest absolute Gasteiger partial charge is 0.359 e. The van der Waals surface area contributed by atoms with Gasteiger partial charge in [-0.3, -0.25) is 5.32 Å². The molecule has 0 saturated heterocycles. The Kier molecular flexibility index (Phi) is 4.73. The van der Waals surface area contributed by atoms with Crippen LogP contribution >= 0.6 is 11.8 Å². The molecule has 1 aromatic carbocycles. The van der Waals surface area contributed by atoms with Gasteiger partial charge in [-0.2, -0.15) is 5.26 Å². The molecule has 114 valence electrons. The number of urea groups is 1. The number of nitriles is 1. The lowest BCUT2D eigenvalue weighted by Gasteiger charge is -2.12. The summed E-state index contributed by atoms with van der Waals surface area (Å²) in [5, 5.41) is 19.7. The quantitative estimate of drug-likeness (QED) is 0.654. The monoisotopic (exact) mass is 316 g/mol. The summed E-state index contributed by atoms with van der Waals surface area (Å²) in [4.78, 5) is 12.7. The number of amides is 2. The van der Waals surface area contributed by atoms with E-state index in [4.69, 9.17) is 9.78 Å². The molecule has 22 heavy (non-hydrogen) atoms. The molecule has 0 spiro atoms. The van der Waals surface area contributed by atoms with Crippen LogP contribution in [0.3, 0.4) is 0 Å². The molecular formula is C15H16N4O2S. The third-order valence-electron chi connectivity index (χ3n) is 2.77. The molecule has 0 atom stereocenters. The lowest BCUT2D eigenvalue weighted by Crippen LogP contribution is -2.19. The lowest BCUT2D eigenvalue weighted by molar-refractivity contribution is 0.262. The summed E-state index contributed by atoms with van der Waals surface area (Å²) in [6.45, 7) is 5.99. The van der Waals surface area contributed by atoms with Gasteiger partial charge >= 0.3 is 6.03 Å². The van der Waals surface area contributed by atoms with Crippen molar-refractivity contribution in [3.05, 3.63) is 36.1 Å². The molecule has 2 amide bonds. The molecule has 2 rings (SSSR count). The molecule has 0 fully saturated rings. The SMILES string of the molecule is CC(C)(C)c1cc(NC(=O)Nc2ccc(SC#N)cc2)no1. The van der Waals surface area contributed by atoms with Gasteiger partial charge in [-0.15, -0.1) is 0 Å². The molecule has 1 aromatic heterocycles. The zero-order valence-corrected chi connectivity index (χ0v) is 13.3. The number of anilines is 2. The van der Waals surface area contributed by atoms with Crippen LogP contribution in [0.4, 0.5) is 16.3 Å². The van der Waals surface area contributed by atoms with E-state index in [1.54, 1.807) is 30.3 Å². The maximum atomic E-state index is 11.9. The van der Waals surface area contributed by atoms with Crippen molar-refractivity contribution in [2.45, 2.75) is 31.1 Å². The minimum absolute atomic E-state index is 0.169. The van der Waals surface area contributed by atoms with E-state index in [-0.39, 0.29) is 5.41 Å². The zero-order valence-electron chi connectivity index (χ0n) is 12.5. The van der Waals surface area contributed by atoms with E-state index in [0.717, 1.165) is 16.7 Å². The van der Waals surface area contributed by atoms with E-state index in [1.165, 1.54) is 0 Å². The standard InChI is InChI=1S/C15H16N4O2S/c1-15(2,3)12-8-13(19-21-12)18-14(20)17-10-4-6-11(7-5-10)22-9-16/h4-8H,1-3H3,(H2,17,18,19,20). The van der Waals surface area contributed by atoms with Crippen LogP contribution < -0.4 is 10.6 Å². The molecule has 6 nitrogen and oxygen atoms in total. The van der Waals surface area contributed by atoms with Crippen molar-refractivity contribution >= 4 is 29.3 Å². The first-order chi connectivity index (χ1) is 10.4. The number of nitrogens with zero attached hydrogens (tertiary/aromatic N) is 2. The predicted octanol–water partition coefficient (Wildman–Crippen LogP) is 4.19. The van der Waals surface area contributed by atoms with Crippen LogP contribution in [0, 0.1) is 10.7 Å². The highest BCUT2D eigenvalue weighted by molar-refractivity contribution is 8.03. The number of thiocyanates is 1. The second-order valence-electron chi connectivity index (χ2n) is 5.62. The molecule has 0 aliphatic heterocycles. The maximum Gasteiger partial charge on any atom is 0.324 e. The minimum atomic E-state index is -0.408. The Morgan fingerprint density at radius 3 is 2.50 bits per heavy atom. The fourth-order valence-electron chi connectivity index (χ4n) is 1.63. The van der Waals surface area contributed by atoms with Gasteiger partial charge in [0, 0.05) is 22.1 Å². The number of carbonyl (C=O) groups is 1. The Labute approximate surface area is 132 Å². The Morgan fingerprint density at radius 1 is 1.27 bits per heavy atom. The summed E-state index contributed by atoms with van der Waals surface area (Å²) in [6, 6.07) is 8.26. The summed E-state index contributed by atoms with van der Waals surface area (Å²) >= 11 is 1.07. The smallest absolute Gasteiger partial charge is 0.324 e. The summed E-state index contributed by atoms with van der Waals surface area (Å²) in [6.07, 6.45) is 0. The fraction of sp³-hybridized carbons (Fsp3) is 0.267. The van der Waals surface area contributed by atoms with Crippen LogP contribution in [-0.2, 0) is 5.41 Å². The number of benzene rings is 1. The van der Waals surface area contributed by atoms with Gasteiger partial charge in [-0.1, -0.05) is 25.9 Å². The van der Waals surface area contributed by atoms with Gasteiger partial charge < -0.3 is 9.84 Å². The average Bonchev–Trinajstić information content (AvgIpc) is 2.89. The third-order valence-corrected chi connectivity index (χ3v) is 3.37. The van der Waals surface area contributed by atoms with E-state index >= 15 is 0 Å². The Morgan fingerprint density at radius 2 is 1.95 bits per heavy atom. The van der Waals surface area contributed by atoms with E-state index in [1.807, 2.05) is 26.2 Å². The zero-order chi connectivity index (χ0) is 16.2. The molecule has 1 heterocycles. The Hall–Kier alpha value is -2.46. The minimum Gasteiger partial charge on any atom is -0.359 e. The molecule has 0 aliphatic rings. The average molecular weight is 316 g/mol. The van der Waals surface area contributed by atoms with Crippen LogP contribution in [0.25, 0.3) is 0 Å². The maximum absolute atomic E-state index is 11.9. The van der Waals surface area contributed by atoms with Gasteiger partial charge in [0.15, 0.2) is 5.82 Å². The van der Waals surface area contributed by atoms with Crippen molar-refractivity contribution in [1.82, 2.24) is 5.16 Å². The highest BCUT2D eigenvalue weighted by Crippen LogP contribution is 2.24. The normalized spacial score (nSPS) is 10.8. The van der Waals surface area contributed by atoms with Crippen LogP contribution in [0.1, 0.15) is 26.5 Å². The first kappa shape index (κ1) is 15.9. The van der Waals surface area contributed by atoms with Gasteiger partial charge in [0.1, 0.15) is 11.2 Å². The molecule has 0 radical (unpaired) electrons. The van der Waals surface area contributed by atoms with Crippen molar-refractivity contribution < 1.29 is 9.32 Å². The highest BCUT2D eigenvalue weighted by Gasteiger charge is 2.20. The summed E-state index contributed by atoms with van der Waals surface area (Å²) < 4.78 is 5.20. The van der Waals surface area contributed by atoms with Crippen LogP contribution in [0.2, 0.25) is 0 Å². The van der Waals surface area contributed by atoms with Crippen molar-refractivity contribution in [2.75, 3.05) is 10.6 Å². The molecular weight excluding hydrogens is 300 g/mol. The number of nitrogens with one attached hydrogen (secondary N) is 2. The molecule has 0 unspecified atom stereocenters. The van der Waals surface area contributed by atoms with Crippen LogP contribution in [0.15, 0.2) is 39.8 Å². The van der Waals surface area contributed by atoms with E-state index < -0.39 is 6.03 Å². The van der Waals surface area contributed by atoms with Gasteiger partial charge in [-0.25, -0.2) is 4.79 Å². The van der Waals surface area contributed by atoms with Gasteiger partial charge in [0.2, 0.25) is 0 Å². The summed E-state index contributed by atoms with van der Waals surface area (Å²) in [5.41, 5.74) is 0.455. The fourth-order valence-corrected chi connectivity index (χ4v) is 2.00. The molecule has 2 aromatic rings. The number of rotatable bonds is 3. The van der Waals surface area contributed by atoms with Crippen LogP contribution in [0.5, 0.6) is 0 Å². The molecule has 0 bridgehead atoms. The van der Waals surface area contributed by atoms with E-state index in [0.29, 0.717) is 17.3 Å². The third kappa shape index (κ3) is 4.27. The number of thioether (sulfide) groups is 1. The molecule has 7 heteroatoms. The first-order valence-electron chi connectivity index (χ1n) is 6.60. The summed E-state index contributed by atoms with van der Waals surface area (Å²) in [5.74, 6) is 1.06. The molecule has 0 aliphatic carbocycles. The highest BCUT2D eigenvalue weighted by atomic mass is 32.2. The second-order valence-corrected chi connectivity index (χ2v) is 6.48. The summed E-state index contributed by atoms with van der Waals surface area (Å²) in [7, 11) is 0. The van der Waals surface area contributed by atoms with Crippen molar-refractivity contribution in [3.8, 4) is 5.40 Å². The molecule has 2 N–H and O–H groups in total. The van der Waals surface area contributed by atoms with Crippen molar-refractivity contribution in [3.63, 3.8) is 0 Å². The topological polar surface area (TPSA) is 91.0 Å². The lowest BCUT2D eigenvalue weighted by atomic mass is 9.93. The number of carbonyl (C=O) groups excluding carboxylic acids is 1. The van der Waals surface area contributed by atoms with Gasteiger partial charge in [0.25, 0.3) is 0 Å².